The first-order valence-electron chi connectivity index (χ1n) is 6.36. The average Bonchev–Trinajstić information content (AvgIpc) is 2.91. The van der Waals surface area contributed by atoms with E-state index in [1.165, 1.54) is 4.90 Å². The van der Waals surface area contributed by atoms with Gasteiger partial charge in [-0.25, -0.2) is 9.48 Å². The molecule has 3 heterocycles. The highest BCUT2D eigenvalue weighted by Crippen LogP contribution is 2.49. The van der Waals surface area contributed by atoms with E-state index >= 15 is 0 Å². The molecule has 1 aromatic rings. The van der Waals surface area contributed by atoms with Gasteiger partial charge in [-0.1, -0.05) is 26.0 Å². The molecule has 1 fully saturated rings. The predicted molar refractivity (Wildman–Crippen MR) is 65.6 cm³/mol. The van der Waals surface area contributed by atoms with Crippen LogP contribution in [-0.4, -0.2) is 49.8 Å². The molecule has 2 aliphatic rings. The quantitative estimate of drug-likeness (QED) is 0.761. The summed E-state index contributed by atoms with van der Waals surface area (Å²) in [5, 5.41) is 17.3. The fourth-order valence-corrected chi connectivity index (χ4v) is 3.16. The number of hydrogen-bond acceptors (Lipinski definition) is 4. The minimum absolute atomic E-state index is 0.116. The molecule has 1 aromatic heterocycles. The Kier molecular flexibility index (Phi) is 2.41. The molecular weight excluding hydrogens is 248 g/mol. The van der Waals surface area contributed by atoms with E-state index in [4.69, 9.17) is 4.74 Å². The number of rotatable bonds is 0. The summed E-state index contributed by atoms with van der Waals surface area (Å²) >= 11 is 0. The van der Waals surface area contributed by atoms with Crippen molar-refractivity contribution in [2.45, 2.75) is 39.0 Å². The van der Waals surface area contributed by atoms with E-state index in [0.717, 1.165) is 5.69 Å². The van der Waals surface area contributed by atoms with Crippen LogP contribution < -0.4 is 0 Å². The maximum Gasteiger partial charge on any atom is 0.407 e. The number of nitrogens with zero attached hydrogens (tertiary/aromatic N) is 4. The van der Waals surface area contributed by atoms with Gasteiger partial charge in [0.1, 0.15) is 11.6 Å². The van der Waals surface area contributed by atoms with Crippen LogP contribution in [0.1, 0.15) is 32.5 Å². The minimum Gasteiger partial charge on any atom is -0.465 e. The summed E-state index contributed by atoms with van der Waals surface area (Å²) in [6.07, 6.45) is 0.763. The lowest BCUT2D eigenvalue weighted by Gasteiger charge is -2.47. The number of carbonyl (C=O) groups is 1. The summed E-state index contributed by atoms with van der Waals surface area (Å²) < 4.78 is 7.94. The van der Waals surface area contributed by atoms with Crippen molar-refractivity contribution < 1.29 is 14.6 Å². The molecule has 0 saturated carbocycles. The molecule has 0 aromatic carbocycles. The molecular formula is C12H18N4O3. The molecule has 2 atom stereocenters. The number of ether oxygens (including phenoxy) is 1. The molecule has 7 heteroatoms. The first-order valence-corrected chi connectivity index (χ1v) is 6.36. The number of likely N-dealkylation sites (tertiary alicyclic amines) is 1. The van der Waals surface area contributed by atoms with Crippen molar-refractivity contribution in [1.29, 1.82) is 0 Å². The van der Waals surface area contributed by atoms with E-state index in [-0.39, 0.29) is 11.5 Å². The van der Waals surface area contributed by atoms with Gasteiger partial charge in [0, 0.05) is 6.54 Å². The van der Waals surface area contributed by atoms with Crippen LogP contribution in [0.2, 0.25) is 0 Å². The van der Waals surface area contributed by atoms with Crippen LogP contribution in [0.4, 0.5) is 4.79 Å². The summed E-state index contributed by atoms with van der Waals surface area (Å²) in [7, 11) is 0. The van der Waals surface area contributed by atoms with Crippen molar-refractivity contribution in [3.05, 3.63) is 11.9 Å². The fraction of sp³-hybridized carbons (Fsp3) is 0.750. The summed E-state index contributed by atoms with van der Waals surface area (Å²) in [5.74, 6) is 0. The Morgan fingerprint density at radius 2 is 2.32 bits per heavy atom. The largest absolute Gasteiger partial charge is 0.465 e. The molecule has 104 valence electrons. The third-order valence-corrected chi connectivity index (χ3v) is 4.32. The Morgan fingerprint density at radius 3 is 2.95 bits per heavy atom. The Morgan fingerprint density at radius 1 is 1.58 bits per heavy atom. The normalized spacial score (nSPS) is 30.1. The van der Waals surface area contributed by atoms with Gasteiger partial charge in [-0.2, -0.15) is 0 Å². The molecule has 0 unspecified atom stereocenters. The molecule has 0 bridgehead atoms. The van der Waals surface area contributed by atoms with Crippen molar-refractivity contribution in [2.24, 2.45) is 5.41 Å². The summed E-state index contributed by atoms with van der Waals surface area (Å²) in [5.41, 5.74) is 0.162. The minimum atomic E-state index is -0.914. The third kappa shape index (κ3) is 1.57. The van der Waals surface area contributed by atoms with Gasteiger partial charge in [0.15, 0.2) is 0 Å². The average molecular weight is 266 g/mol. The first kappa shape index (κ1) is 12.4. The number of fused-ring (bicyclic) bond motifs is 3. The van der Waals surface area contributed by atoms with Gasteiger partial charge in [0.2, 0.25) is 0 Å². The smallest absolute Gasteiger partial charge is 0.407 e. The van der Waals surface area contributed by atoms with Crippen LogP contribution in [0.3, 0.4) is 0 Å². The second-order valence-corrected chi connectivity index (χ2v) is 6.28. The molecule has 2 aliphatic heterocycles. The maximum absolute atomic E-state index is 11.3. The van der Waals surface area contributed by atoms with Crippen LogP contribution in [0.25, 0.3) is 0 Å². The first-order chi connectivity index (χ1) is 8.85. The van der Waals surface area contributed by atoms with Crippen molar-refractivity contribution in [1.82, 2.24) is 19.9 Å². The van der Waals surface area contributed by atoms with E-state index in [9.17, 15) is 9.90 Å². The Balaban J connectivity index is 2.08. The highest BCUT2D eigenvalue weighted by molar-refractivity contribution is 5.66. The number of hydrogen-bond donors (Lipinski definition) is 1. The molecule has 1 N–H and O–H groups in total. The van der Waals surface area contributed by atoms with E-state index in [1.807, 2.05) is 4.68 Å². The lowest BCUT2D eigenvalue weighted by Crippen LogP contribution is -2.55. The third-order valence-electron chi connectivity index (χ3n) is 4.32. The molecule has 7 nitrogen and oxygen atoms in total. The zero-order valence-electron chi connectivity index (χ0n) is 11.3. The molecule has 1 amide bonds. The zero-order chi connectivity index (χ0) is 13.8. The second-order valence-electron chi connectivity index (χ2n) is 6.28. The topological polar surface area (TPSA) is 80.5 Å². The van der Waals surface area contributed by atoms with Crippen LogP contribution in [-0.2, 0) is 11.3 Å². The van der Waals surface area contributed by atoms with E-state index in [2.05, 4.69) is 31.1 Å². The zero-order valence-corrected chi connectivity index (χ0v) is 11.3. The standard InChI is InChI=1S/C12H18N4O3/c1-11(2,3)12-7-15(10(17)18)5-9(12)16-8(6-19-12)4-13-14-16/h4,9H,5-7H2,1-3H3,(H,17,18)/t9-,12-/m0/s1. The van der Waals surface area contributed by atoms with Gasteiger partial charge in [-0.3, -0.25) is 0 Å². The fourth-order valence-electron chi connectivity index (χ4n) is 3.16. The second kappa shape index (κ2) is 3.69. The predicted octanol–water partition coefficient (Wildman–Crippen LogP) is 1.13. The van der Waals surface area contributed by atoms with Crippen molar-refractivity contribution in [2.75, 3.05) is 13.1 Å². The van der Waals surface area contributed by atoms with Gasteiger partial charge in [-0.05, 0) is 5.41 Å². The highest BCUT2D eigenvalue weighted by atomic mass is 16.5. The van der Waals surface area contributed by atoms with Crippen LogP contribution in [0.5, 0.6) is 0 Å². The summed E-state index contributed by atoms with van der Waals surface area (Å²) in [6, 6.07) is -0.116. The van der Waals surface area contributed by atoms with Crippen molar-refractivity contribution >= 4 is 6.09 Å². The van der Waals surface area contributed by atoms with E-state index in [0.29, 0.717) is 19.7 Å². The molecule has 0 aliphatic carbocycles. The van der Waals surface area contributed by atoms with Gasteiger partial charge in [0.05, 0.1) is 25.0 Å². The number of aromatic nitrogens is 3. The Bertz CT molecular complexity index is 521. The maximum atomic E-state index is 11.3. The van der Waals surface area contributed by atoms with Gasteiger partial charge >= 0.3 is 6.09 Å². The summed E-state index contributed by atoms with van der Waals surface area (Å²) in [4.78, 5) is 12.7. The lowest BCUT2D eigenvalue weighted by atomic mass is 9.72. The van der Waals surface area contributed by atoms with E-state index in [1.54, 1.807) is 6.20 Å². The molecule has 0 radical (unpaired) electrons. The van der Waals surface area contributed by atoms with Gasteiger partial charge < -0.3 is 14.7 Å². The lowest BCUT2D eigenvalue weighted by molar-refractivity contribution is -0.158. The molecule has 0 spiro atoms. The Labute approximate surface area is 111 Å². The van der Waals surface area contributed by atoms with Crippen molar-refractivity contribution in [3.8, 4) is 0 Å². The highest BCUT2D eigenvalue weighted by Gasteiger charge is 2.59. The van der Waals surface area contributed by atoms with Gasteiger partial charge in [-0.15, -0.1) is 5.10 Å². The SMILES string of the molecule is CC(C)(C)[C@]12CN(C(=O)O)C[C@@H]1n1nncc1CO2. The Hall–Kier alpha value is -1.63. The van der Waals surface area contributed by atoms with Crippen molar-refractivity contribution in [3.63, 3.8) is 0 Å². The van der Waals surface area contributed by atoms with Crippen LogP contribution in [0, 0.1) is 5.41 Å². The molecule has 19 heavy (non-hydrogen) atoms. The number of amides is 1. The molecule has 3 rings (SSSR count). The monoisotopic (exact) mass is 266 g/mol. The molecule has 1 saturated heterocycles. The van der Waals surface area contributed by atoms with E-state index < -0.39 is 11.7 Å². The van der Waals surface area contributed by atoms with Crippen LogP contribution in [0.15, 0.2) is 6.20 Å². The van der Waals surface area contributed by atoms with Gasteiger partial charge in [0.25, 0.3) is 0 Å². The van der Waals surface area contributed by atoms with Crippen LogP contribution >= 0.6 is 0 Å². The number of carboxylic acid groups (broad SMARTS) is 1. The summed E-state index contributed by atoms with van der Waals surface area (Å²) in [6.45, 7) is 7.42.